The summed E-state index contributed by atoms with van der Waals surface area (Å²) in [6.45, 7) is 0.226. The number of nitrogens with two attached hydrogens (primary N) is 1. The van der Waals surface area contributed by atoms with Gasteiger partial charge in [-0.2, -0.15) is 0 Å². The van der Waals surface area contributed by atoms with Crippen molar-refractivity contribution in [1.82, 2.24) is 5.32 Å². The molecule has 21 heavy (non-hydrogen) atoms. The molecular weight excluding hydrogens is 311 g/mol. The van der Waals surface area contributed by atoms with Crippen molar-refractivity contribution < 1.29 is 9.53 Å². The third-order valence-electron chi connectivity index (χ3n) is 3.83. The maximum atomic E-state index is 12.1. The van der Waals surface area contributed by atoms with Crippen molar-refractivity contribution in [3.63, 3.8) is 0 Å². The first-order valence-electron chi connectivity index (χ1n) is 6.92. The predicted molar refractivity (Wildman–Crippen MR) is 86.8 cm³/mol. The topological polar surface area (TPSA) is 64.3 Å². The second-order valence-electron chi connectivity index (χ2n) is 5.29. The number of ether oxygens (including phenoxy) is 1. The fourth-order valence-electron chi connectivity index (χ4n) is 2.43. The Hall–Kier alpha value is -0.810. The van der Waals surface area contributed by atoms with Crippen LogP contribution in [-0.4, -0.2) is 25.7 Å². The molecule has 0 bridgehead atoms. The molecule has 1 aromatic rings. The number of hydrogen-bond acceptors (Lipinski definition) is 3. The monoisotopic (exact) mass is 332 g/mol. The van der Waals surface area contributed by atoms with Crippen LogP contribution in [0.4, 0.5) is 0 Å². The normalized spacial score (nSPS) is 17.3. The van der Waals surface area contributed by atoms with Crippen molar-refractivity contribution in [2.45, 2.75) is 31.3 Å². The zero-order valence-corrected chi connectivity index (χ0v) is 13.6. The molecule has 1 fully saturated rings. The fourth-order valence-corrected chi connectivity index (χ4v) is 2.56. The Morgan fingerprint density at radius 3 is 2.52 bits per heavy atom. The van der Waals surface area contributed by atoms with Crippen LogP contribution in [0.25, 0.3) is 0 Å². The molecule has 1 aromatic carbocycles. The van der Waals surface area contributed by atoms with Crippen LogP contribution in [0.3, 0.4) is 0 Å². The summed E-state index contributed by atoms with van der Waals surface area (Å²) in [5.41, 5.74) is 6.86. The van der Waals surface area contributed by atoms with Crippen molar-refractivity contribution in [2.75, 3.05) is 13.7 Å². The molecule has 0 heterocycles. The summed E-state index contributed by atoms with van der Waals surface area (Å²) in [4.78, 5) is 12.1. The van der Waals surface area contributed by atoms with E-state index in [2.05, 4.69) is 5.32 Å². The van der Waals surface area contributed by atoms with Gasteiger partial charge in [0.25, 0.3) is 0 Å². The minimum Gasteiger partial charge on any atom is -0.383 e. The lowest BCUT2D eigenvalue weighted by atomic mass is 9.77. The average Bonchev–Trinajstić information content (AvgIpc) is 2.37. The van der Waals surface area contributed by atoms with E-state index in [1.807, 2.05) is 24.3 Å². The standard InChI is InChI=1S/C15H21ClN2O2.ClH/c1-20-9-13(17)15(19)18-14(10-3-2-4-10)11-5-7-12(16)8-6-11;/h5-8,10,13-14H,2-4,9,17H2,1H3,(H,18,19);1H. The van der Waals surface area contributed by atoms with Gasteiger partial charge < -0.3 is 15.8 Å². The third-order valence-corrected chi connectivity index (χ3v) is 4.08. The van der Waals surface area contributed by atoms with E-state index in [4.69, 9.17) is 22.1 Å². The molecule has 2 rings (SSSR count). The summed E-state index contributed by atoms with van der Waals surface area (Å²) in [5.74, 6) is 0.313. The van der Waals surface area contributed by atoms with Crippen molar-refractivity contribution >= 4 is 29.9 Å². The lowest BCUT2D eigenvalue weighted by molar-refractivity contribution is -0.124. The Kier molecular flexibility index (Phi) is 7.46. The Morgan fingerprint density at radius 2 is 2.05 bits per heavy atom. The van der Waals surface area contributed by atoms with Gasteiger partial charge >= 0.3 is 0 Å². The van der Waals surface area contributed by atoms with E-state index in [9.17, 15) is 4.79 Å². The molecule has 0 aliphatic heterocycles. The lowest BCUT2D eigenvalue weighted by Gasteiger charge is -2.35. The van der Waals surface area contributed by atoms with Crippen molar-refractivity contribution in [3.05, 3.63) is 34.9 Å². The second-order valence-corrected chi connectivity index (χ2v) is 5.73. The zero-order valence-electron chi connectivity index (χ0n) is 12.0. The number of benzene rings is 1. The summed E-state index contributed by atoms with van der Waals surface area (Å²) < 4.78 is 4.93. The van der Waals surface area contributed by atoms with Gasteiger partial charge in [0.1, 0.15) is 6.04 Å². The number of hydrogen-bond donors (Lipinski definition) is 2. The molecule has 2 atom stereocenters. The molecule has 0 spiro atoms. The van der Waals surface area contributed by atoms with E-state index in [0.717, 1.165) is 18.4 Å². The minimum atomic E-state index is -0.630. The smallest absolute Gasteiger partial charge is 0.239 e. The van der Waals surface area contributed by atoms with E-state index in [0.29, 0.717) is 10.9 Å². The highest BCUT2D eigenvalue weighted by atomic mass is 35.5. The van der Waals surface area contributed by atoms with Crippen LogP contribution in [0.5, 0.6) is 0 Å². The number of amides is 1. The maximum Gasteiger partial charge on any atom is 0.239 e. The molecule has 3 N–H and O–H groups in total. The molecular formula is C15H22Cl2N2O2. The number of halogens is 2. The third kappa shape index (κ3) is 4.85. The highest BCUT2D eigenvalue weighted by molar-refractivity contribution is 6.30. The molecule has 2 unspecified atom stereocenters. The number of rotatable bonds is 6. The Balaban J connectivity index is 0.00000220. The largest absolute Gasteiger partial charge is 0.383 e. The SMILES string of the molecule is COCC(N)C(=O)NC(c1ccc(Cl)cc1)C1CCC1.Cl. The quantitative estimate of drug-likeness (QED) is 0.841. The first-order valence-corrected chi connectivity index (χ1v) is 7.30. The van der Waals surface area contributed by atoms with Crippen LogP contribution in [0.1, 0.15) is 30.9 Å². The van der Waals surface area contributed by atoms with Crippen LogP contribution in [0.2, 0.25) is 5.02 Å². The first-order chi connectivity index (χ1) is 9.61. The minimum absolute atomic E-state index is 0. The van der Waals surface area contributed by atoms with E-state index in [1.165, 1.54) is 13.5 Å². The van der Waals surface area contributed by atoms with Crippen LogP contribution < -0.4 is 11.1 Å². The van der Waals surface area contributed by atoms with E-state index in [1.54, 1.807) is 0 Å². The van der Waals surface area contributed by atoms with Crippen LogP contribution in [-0.2, 0) is 9.53 Å². The van der Waals surface area contributed by atoms with Gasteiger partial charge in [0.2, 0.25) is 5.91 Å². The second kappa shape index (κ2) is 8.59. The first kappa shape index (κ1) is 18.2. The summed E-state index contributed by atoms with van der Waals surface area (Å²) in [6, 6.07) is 7.01. The van der Waals surface area contributed by atoms with Crippen molar-refractivity contribution in [3.8, 4) is 0 Å². The van der Waals surface area contributed by atoms with Crippen LogP contribution in [0.15, 0.2) is 24.3 Å². The molecule has 1 saturated carbocycles. The van der Waals surface area contributed by atoms with Gasteiger partial charge in [-0.05, 0) is 36.5 Å². The van der Waals surface area contributed by atoms with E-state index < -0.39 is 6.04 Å². The molecule has 0 radical (unpaired) electrons. The van der Waals surface area contributed by atoms with Gasteiger partial charge in [0.15, 0.2) is 0 Å². The summed E-state index contributed by atoms with van der Waals surface area (Å²) in [7, 11) is 1.54. The van der Waals surface area contributed by atoms with E-state index >= 15 is 0 Å². The van der Waals surface area contributed by atoms with Gasteiger partial charge in [-0.15, -0.1) is 12.4 Å². The average molecular weight is 333 g/mol. The van der Waals surface area contributed by atoms with Gasteiger partial charge in [0.05, 0.1) is 12.6 Å². The molecule has 118 valence electrons. The van der Waals surface area contributed by atoms with Crippen molar-refractivity contribution in [2.24, 2.45) is 11.7 Å². The number of carbonyl (C=O) groups is 1. The lowest BCUT2D eigenvalue weighted by Crippen LogP contribution is -2.47. The van der Waals surface area contributed by atoms with Crippen molar-refractivity contribution in [1.29, 1.82) is 0 Å². The van der Waals surface area contributed by atoms with Gasteiger partial charge in [-0.3, -0.25) is 4.79 Å². The number of carbonyl (C=O) groups excluding carboxylic acids is 1. The Labute approximate surface area is 136 Å². The Bertz CT molecular complexity index is 449. The highest BCUT2D eigenvalue weighted by Crippen LogP contribution is 2.38. The van der Waals surface area contributed by atoms with Gasteiger partial charge in [0, 0.05) is 12.1 Å². The molecule has 0 saturated heterocycles. The van der Waals surface area contributed by atoms with E-state index in [-0.39, 0.29) is 31.0 Å². The maximum absolute atomic E-state index is 12.1. The predicted octanol–water partition coefficient (Wildman–Crippen LogP) is 2.69. The van der Waals surface area contributed by atoms with Gasteiger partial charge in [-0.1, -0.05) is 30.2 Å². The highest BCUT2D eigenvalue weighted by Gasteiger charge is 2.30. The summed E-state index contributed by atoms with van der Waals surface area (Å²) in [6.07, 6.45) is 3.48. The number of methoxy groups -OCH3 is 1. The molecule has 6 heteroatoms. The summed E-state index contributed by atoms with van der Waals surface area (Å²) >= 11 is 5.92. The molecule has 4 nitrogen and oxygen atoms in total. The fraction of sp³-hybridized carbons (Fsp3) is 0.533. The van der Waals surface area contributed by atoms with Gasteiger partial charge in [-0.25, -0.2) is 0 Å². The zero-order chi connectivity index (χ0) is 14.5. The molecule has 1 aliphatic rings. The van der Waals surface area contributed by atoms with Crippen LogP contribution >= 0.6 is 24.0 Å². The van der Waals surface area contributed by atoms with Crippen LogP contribution in [0, 0.1) is 5.92 Å². The molecule has 1 amide bonds. The molecule has 1 aliphatic carbocycles. The number of nitrogens with one attached hydrogen (secondary N) is 1. The summed E-state index contributed by atoms with van der Waals surface area (Å²) in [5, 5.41) is 3.75. The molecule has 0 aromatic heterocycles. The Morgan fingerprint density at radius 1 is 1.43 bits per heavy atom.